The minimum Gasteiger partial charge on any atom is -0.224 e. The Morgan fingerprint density at radius 2 is 1.94 bits per heavy atom. The second kappa shape index (κ2) is 5.70. The van der Waals surface area contributed by atoms with E-state index in [0.717, 1.165) is 6.07 Å². The summed E-state index contributed by atoms with van der Waals surface area (Å²) < 4.78 is 37.5. The topological polar surface area (TPSA) is 34.1 Å². The lowest BCUT2D eigenvalue weighted by molar-refractivity contribution is 0.291. The maximum atomic E-state index is 13.1. The quantitative estimate of drug-likeness (QED) is 0.786. The summed E-state index contributed by atoms with van der Waals surface area (Å²) in [5.41, 5.74) is -0.121. The van der Waals surface area contributed by atoms with Gasteiger partial charge in [-0.2, -0.15) is 0 Å². The van der Waals surface area contributed by atoms with Gasteiger partial charge in [-0.25, -0.2) is 12.8 Å². The number of sulfone groups is 1. The molecule has 0 bridgehead atoms. The second-order valence-electron chi connectivity index (χ2n) is 5.46. The molecule has 1 aromatic carbocycles. The highest BCUT2D eigenvalue weighted by atomic mass is 79.9. The second-order valence-corrected chi connectivity index (χ2v) is 8.14. The summed E-state index contributed by atoms with van der Waals surface area (Å²) >= 11 is 3.35. The predicted molar refractivity (Wildman–Crippen MR) is 75.2 cm³/mol. The molecule has 1 rings (SSSR count). The first-order chi connectivity index (χ1) is 8.16. The summed E-state index contributed by atoms with van der Waals surface area (Å²) in [5.74, 6) is -0.529. The molecule has 0 amide bonds. The Hall–Kier alpha value is -0.420. The van der Waals surface area contributed by atoms with Gasteiger partial charge in [0.05, 0.1) is 10.6 Å². The minimum absolute atomic E-state index is 0.0191. The number of alkyl halides is 1. The monoisotopic (exact) mass is 336 g/mol. The van der Waals surface area contributed by atoms with Gasteiger partial charge >= 0.3 is 0 Å². The van der Waals surface area contributed by atoms with E-state index in [1.54, 1.807) is 0 Å². The molecule has 2 nitrogen and oxygen atoms in total. The van der Waals surface area contributed by atoms with Crippen molar-refractivity contribution < 1.29 is 12.8 Å². The molecule has 0 aliphatic carbocycles. The lowest BCUT2D eigenvalue weighted by Gasteiger charge is -2.28. The fraction of sp³-hybridized carbons (Fsp3) is 0.538. The van der Waals surface area contributed by atoms with Crippen molar-refractivity contribution in [3.8, 4) is 0 Å². The van der Waals surface area contributed by atoms with Crippen LogP contribution in [0.4, 0.5) is 4.39 Å². The van der Waals surface area contributed by atoms with E-state index in [4.69, 9.17) is 0 Å². The number of rotatable bonds is 4. The van der Waals surface area contributed by atoms with Crippen molar-refractivity contribution in [2.24, 2.45) is 11.3 Å². The predicted octanol–water partition coefficient (Wildman–Crippen LogP) is 3.66. The Balaban J connectivity index is 3.02. The van der Waals surface area contributed by atoms with Gasteiger partial charge in [0, 0.05) is 5.33 Å². The van der Waals surface area contributed by atoms with Gasteiger partial charge in [-0.1, -0.05) is 42.8 Å². The van der Waals surface area contributed by atoms with Crippen molar-refractivity contribution >= 4 is 25.8 Å². The molecule has 0 fully saturated rings. The minimum atomic E-state index is -3.45. The summed E-state index contributed by atoms with van der Waals surface area (Å²) in [6.45, 7) is 6.00. The SMILES string of the molecule is CC(C)(C)C(CBr)CS(=O)(=O)c1cccc(F)c1. The lowest BCUT2D eigenvalue weighted by atomic mass is 9.83. The molecule has 0 saturated carbocycles. The summed E-state index contributed by atoms with van der Waals surface area (Å²) in [5, 5.41) is 0.602. The Morgan fingerprint density at radius 3 is 2.39 bits per heavy atom. The van der Waals surface area contributed by atoms with E-state index in [1.165, 1.54) is 18.2 Å². The molecule has 1 unspecified atom stereocenters. The Kier molecular flexibility index (Phi) is 4.95. The maximum Gasteiger partial charge on any atom is 0.178 e. The maximum absolute atomic E-state index is 13.1. The smallest absolute Gasteiger partial charge is 0.178 e. The number of benzene rings is 1. The molecule has 1 atom stereocenters. The van der Waals surface area contributed by atoms with Crippen LogP contribution in [0.3, 0.4) is 0 Å². The average Bonchev–Trinajstić information content (AvgIpc) is 2.24. The molecular formula is C13H18BrFO2S. The first-order valence-electron chi connectivity index (χ1n) is 5.71. The van der Waals surface area contributed by atoms with Gasteiger partial charge in [0.2, 0.25) is 0 Å². The molecule has 0 saturated heterocycles. The van der Waals surface area contributed by atoms with Gasteiger partial charge in [-0.05, 0) is 29.5 Å². The van der Waals surface area contributed by atoms with Crippen LogP contribution in [0.1, 0.15) is 20.8 Å². The van der Waals surface area contributed by atoms with Crippen LogP contribution in [-0.4, -0.2) is 19.5 Å². The molecular weight excluding hydrogens is 319 g/mol. The summed E-state index contributed by atoms with van der Waals surface area (Å²) in [6, 6.07) is 5.17. The third-order valence-corrected chi connectivity index (χ3v) is 5.58. The standard InChI is InChI=1S/C13H18BrFO2S/c1-13(2,3)10(8-14)9-18(16,17)12-6-4-5-11(15)7-12/h4-7,10H,8-9H2,1-3H3. The molecule has 0 N–H and O–H groups in total. The van der Waals surface area contributed by atoms with Crippen molar-refractivity contribution in [3.05, 3.63) is 30.1 Å². The van der Waals surface area contributed by atoms with E-state index in [2.05, 4.69) is 15.9 Å². The summed E-state index contributed by atoms with van der Waals surface area (Å²) in [7, 11) is -3.45. The van der Waals surface area contributed by atoms with E-state index in [-0.39, 0.29) is 22.0 Å². The Labute approximate surface area is 117 Å². The molecule has 18 heavy (non-hydrogen) atoms. The van der Waals surface area contributed by atoms with Crippen molar-refractivity contribution in [1.29, 1.82) is 0 Å². The van der Waals surface area contributed by atoms with Gasteiger partial charge in [0.1, 0.15) is 5.82 Å². The average molecular weight is 337 g/mol. The third-order valence-electron chi connectivity index (χ3n) is 2.99. The number of halogens is 2. The van der Waals surface area contributed by atoms with Crippen LogP contribution in [0.5, 0.6) is 0 Å². The normalized spacial score (nSPS) is 14.5. The fourth-order valence-corrected chi connectivity index (χ4v) is 4.97. The van der Waals surface area contributed by atoms with Crippen LogP contribution in [0, 0.1) is 17.2 Å². The van der Waals surface area contributed by atoms with Crippen LogP contribution in [0.25, 0.3) is 0 Å². The van der Waals surface area contributed by atoms with Gasteiger partial charge in [-0.15, -0.1) is 0 Å². The largest absolute Gasteiger partial charge is 0.224 e. The highest BCUT2D eigenvalue weighted by Crippen LogP contribution is 2.30. The van der Waals surface area contributed by atoms with Crippen molar-refractivity contribution in [3.63, 3.8) is 0 Å². The van der Waals surface area contributed by atoms with Gasteiger partial charge < -0.3 is 0 Å². The van der Waals surface area contributed by atoms with Crippen molar-refractivity contribution in [2.75, 3.05) is 11.1 Å². The highest BCUT2D eigenvalue weighted by molar-refractivity contribution is 9.09. The fourth-order valence-electron chi connectivity index (χ4n) is 1.55. The van der Waals surface area contributed by atoms with Crippen LogP contribution in [0.2, 0.25) is 0 Å². The molecule has 5 heteroatoms. The zero-order valence-electron chi connectivity index (χ0n) is 10.8. The van der Waals surface area contributed by atoms with Gasteiger partial charge in [0.15, 0.2) is 9.84 Å². The van der Waals surface area contributed by atoms with E-state index in [0.29, 0.717) is 5.33 Å². The lowest BCUT2D eigenvalue weighted by Crippen LogP contribution is -2.29. The number of hydrogen-bond acceptors (Lipinski definition) is 2. The summed E-state index contributed by atoms with van der Waals surface area (Å²) in [4.78, 5) is 0.0534. The molecule has 0 aliphatic heterocycles. The van der Waals surface area contributed by atoms with Gasteiger partial charge in [-0.3, -0.25) is 0 Å². The molecule has 0 aromatic heterocycles. The Morgan fingerprint density at radius 1 is 1.33 bits per heavy atom. The molecule has 102 valence electrons. The molecule has 0 spiro atoms. The van der Waals surface area contributed by atoms with Gasteiger partial charge in [0.25, 0.3) is 0 Å². The van der Waals surface area contributed by atoms with Crippen LogP contribution in [0.15, 0.2) is 29.2 Å². The highest BCUT2D eigenvalue weighted by Gasteiger charge is 2.29. The van der Waals surface area contributed by atoms with Crippen molar-refractivity contribution in [2.45, 2.75) is 25.7 Å². The first-order valence-corrected chi connectivity index (χ1v) is 8.48. The van der Waals surface area contributed by atoms with Crippen LogP contribution >= 0.6 is 15.9 Å². The third kappa shape index (κ3) is 4.05. The first kappa shape index (κ1) is 15.6. The van der Waals surface area contributed by atoms with E-state index in [9.17, 15) is 12.8 Å². The van der Waals surface area contributed by atoms with E-state index in [1.807, 2.05) is 20.8 Å². The molecule has 0 heterocycles. The summed E-state index contributed by atoms with van der Waals surface area (Å²) in [6.07, 6.45) is 0. The van der Waals surface area contributed by atoms with Crippen molar-refractivity contribution in [1.82, 2.24) is 0 Å². The Bertz CT molecular complexity index is 506. The van der Waals surface area contributed by atoms with E-state index < -0.39 is 15.7 Å². The molecule has 0 aliphatic rings. The van der Waals surface area contributed by atoms with Crippen LogP contribution in [-0.2, 0) is 9.84 Å². The number of hydrogen-bond donors (Lipinski definition) is 0. The molecule has 1 aromatic rings. The molecule has 0 radical (unpaired) electrons. The van der Waals surface area contributed by atoms with Crippen LogP contribution < -0.4 is 0 Å². The van der Waals surface area contributed by atoms with E-state index >= 15 is 0 Å². The zero-order valence-corrected chi connectivity index (χ0v) is 13.2. The zero-order chi connectivity index (χ0) is 14.0.